The van der Waals surface area contributed by atoms with Crippen LogP contribution in [0, 0.1) is 0 Å². The monoisotopic (exact) mass is 383 g/mol. The molecule has 24 heavy (non-hydrogen) atoms. The van der Waals surface area contributed by atoms with E-state index in [0.717, 1.165) is 0 Å². The van der Waals surface area contributed by atoms with E-state index in [4.69, 9.17) is 16.0 Å². The molecule has 0 saturated heterocycles. The van der Waals surface area contributed by atoms with Crippen LogP contribution in [-0.4, -0.2) is 20.1 Å². The highest BCUT2D eigenvalue weighted by molar-refractivity contribution is 7.89. The van der Waals surface area contributed by atoms with E-state index in [1.807, 2.05) is 0 Å². The van der Waals surface area contributed by atoms with Gasteiger partial charge < -0.3 is 9.52 Å². The van der Waals surface area contributed by atoms with Crippen molar-refractivity contribution in [3.05, 3.63) is 75.8 Å². The highest BCUT2D eigenvalue weighted by Gasteiger charge is 2.37. The molecule has 2 N–H and O–H groups in total. The molecule has 0 aliphatic carbocycles. The van der Waals surface area contributed by atoms with Gasteiger partial charge in [-0.05, 0) is 47.8 Å². The van der Waals surface area contributed by atoms with E-state index in [2.05, 4.69) is 4.72 Å². The van der Waals surface area contributed by atoms with Crippen LogP contribution in [0.4, 0.5) is 0 Å². The number of rotatable bonds is 6. The third kappa shape index (κ3) is 3.40. The van der Waals surface area contributed by atoms with Crippen molar-refractivity contribution in [1.29, 1.82) is 0 Å². The van der Waals surface area contributed by atoms with Crippen molar-refractivity contribution in [3.63, 3.8) is 0 Å². The first-order chi connectivity index (χ1) is 11.4. The van der Waals surface area contributed by atoms with Crippen molar-refractivity contribution >= 4 is 33.0 Å². The number of halogens is 1. The van der Waals surface area contributed by atoms with Gasteiger partial charge in [0.2, 0.25) is 10.0 Å². The Hall–Kier alpha value is -1.64. The van der Waals surface area contributed by atoms with Gasteiger partial charge >= 0.3 is 0 Å². The molecule has 0 radical (unpaired) electrons. The topological polar surface area (TPSA) is 79.5 Å². The molecule has 3 rings (SSSR count). The number of sulfonamides is 1. The Kier molecular flexibility index (Phi) is 4.80. The van der Waals surface area contributed by atoms with Crippen molar-refractivity contribution in [3.8, 4) is 0 Å². The minimum Gasteiger partial charge on any atom is -0.466 e. The van der Waals surface area contributed by atoms with E-state index in [1.165, 1.54) is 41.9 Å². The Morgan fingerprint density at radius 3 is 2.50 bits per heavy atom. The van der Waals surface area contributed by atoms with Crippen LogP contribution in [0.3, 0.4) is 0 Å². The number of aliphatic hydroxyl groups is 1. The lowest BCUT2D eigenvalue weighted by Gasteiger charge is -2.25. The maximum absolute atomic E-state index is 12.4. The highest BCUT2D eigenvalue weighted by atomic mass is 35.5. The standard InChI is InChI=1S/C16H14ClNO4S2/c17-12-5-7-13(8-6-12)24(20,21)18-11-16(19,14-3-1-9-22-14)15-4-2-10-23-15/h1-10,18-19H,11H2. The molecule has 0 spiro atoms. The van der Waals surface area contributed by atoms with Gasteiger partial charge in [0, 0.05) is 9.90 Å². The van der Waals surface area contributed by atoms with E-state index in [1.54, 1.807) is 29.6 Å². The number of hydrogen-bond acceptors (Lipinski definition) is 5. The fourth-order valence-electron chi connectivity index (χ4n) is 2.22. The highest BCUT2D eigenvalue weighted by Crippen LogP contribution is 2.33. The smallest absolute Gasteiger partial charge is 0.240 e. The second-order valence-electron chi connectivity index (χ2n) is 5.09. The molecule has 3 aromatic rings. The molecule has 5 nitrogen and oxygen atoms in total. The molecule has 0 aliphatic rings. The Morgan fingerprint density at radius 1 is 1.17 bits per heavy atom. The van der Waals surface area contributed by atoms with Crippen LogP contribution in [0.1, 0.15) is 10.6 Å². The summed E-state index contributed by atoms with van der Waals surface area (Å²) in [7, 11) is -3.80. The van der Waals surface area contributed by atoms with Crippen LogP contribution >= 0.6 is 22.9 Å². The molecule has 8 heteroatoms. The predicted molar refractivity (Wildman–Crippen MR) is 92.7 cm³/mol. The van der Waals surface area contributed by atoms with E-state index in [-0.39, 0.29) is 17.2 Å². The molecular formula is C16H14ClNO4S2. The zero-order valence-electron chi connectivity index (χ0n) is 12.3. The lowest BCUT2D eigenvalue weighted by Crippen LogP contribution is -2.40. The van der Waals surface area contributed by atoms with Gasteiger partial charge in [-0.25, -0.2) is 13.1 Å². The van der Waals surface area contributed by atoms with E-state index >= 15 is 0 Å². The molecule has 1 unspecified atom stereocenters. The van der Waals surface area contributed by atoms with Gasteiger partial charge in [0.05, 0.1) is 17.7 Å². The average molecular weight is 384 g/mol. The van der Waals surface area contributed by atoms with Crippen molar-refractivity contribution in [1.82, 2.24) is 4.72 Å². The largest absolute Gasteiger partial charge is 0.466 e. The summed E-state index contributed by atoms with van der Waals surface area (Å²) in [6, 6.07) is 12.6. The second-order valence-corrected chi connectivity index (χ2v) is 8.24. The fourth-order valence-corrected chi connectivity index (χ4v) is 4.23. The van der Waals surface area contributed by atoms with Crippen molar-refractivity contribution < 1.29 is 17.9 Å². The van der Waals surface area contributed by atoms with E-state index < -0.39 is 15.6 Å². The summed E-state index contributed by atoms with van der Waals surface area (Å²) < 4.78 is 32.6. The third-order valence-corrected chi connectivity index (χ3v) is 6.19. The molecule has 0 saturated carbocycles. The summed E-state index contributed by atoms with van der Waals surface area (Å²) >= 11 is 7.09. The molecule has 0 fully saturated rings. The summed E-state index contributed by atoms with van der Waals surface area (Å²) in [5, 5.41) is 13.3. The number of furan rings is 1. The van der Waals surface area contributed by atoms with Crippen LogP contribution in [0.25, 0.3) is 0 Å². The summed E-state index contributed by atoms with van der Waals surface area (Å²) in [5.74, 6) is 0.267. The minimum atomic E-state index is -3.80. The molecule has 2 heterocycles. The summed E-state index contributed by atoms with van der Waals surface area (Å²) in [6.07, 6.45) is 1.43. The first-order valence-corrected chi connectivity index (χ1v) is 9.71. The van der Waals surface area contributed by atoms with Gasteiger partial charge in [0.25, 0.3) is 0 Å². The zero-order chi connectivity index (χ0) is 17.2. The lowest BCUT2D eigenvalue weighted by molar-refractivity contribution is 0.0655. The number of hydrogen-bond donors (Lipinski definition) is 2. The van der Waals surface area contributed by atoms with Gasteiger partial charge in [0.15, 0.2) is 5.60 Å². The van der Waals surface area contributed by atoms with E-state index in [9.17, 15) is 13.5 Å². The Balaban J connectivity index is 1.88. The fraction of sp³-hybridized carbons (Fsp3) is 0.125. The second kappa shape index (κ2) is 6.70. The summed E-state index contributed by atoms with van der Waals surface area (Å²) in [4.78, 5) is 0.649. The Labute approximate surface area is 148 Å². The van der Waals surface area contributed by atoms with Crippen molar-refractivity contribution in [2.45, 2.75) is 10.5 Å². The van der Waals surface area contributed by atoms with Crippen molar-refractivity contribution in [2.75, 3.05) is 6.54 Å². The number of thiophene rings is 1. The molecule has 1 atom stereocenters. The number of benzene rings is 1. The molecule has 0 bridgehead atoms. The Bertz CT molecular complexity index is 854. The van der Waals surface area contributed by atoms with Crippen LogP contribution in [0.15, 0.2) is 69.5 Å². The van der Waals surface area contributed by atoms with Gasteiger partial charge in [-0.3, -0.25) is 0 Å². The SMILES string of the molecule is O=S(=O)(NCC(O)(c1ccco1)c1cccs1)c1ccc(Cl)cc1. The predicted octanol–water partition coefficient (Wildman–Crippen LogP) is 3.21. The van der Waals surface area contributed by atoms with Crippen LogP contribution in [0.5, 0.6) is 0 Å². The lowest BCUT2D eigenvalue weighted by atomic mass is 9.99. The van der Waals surface area contributed by atoms with Gasteiger partial charge in [-0.15, -0.1) is 11.3 Å². The maximum atomic E-state index is 12.4. The maximum Gasteiger partial charge on any atom is 0.240 e. The van der Waals surface area contributed by atoms with Crippen LogP contribution in [-0.2, 0) is 15.6 Å². The number of nitrogens with one attached hydrogen (secondary N) is 1. The van der Waals surface area contributed by atoms with Crippen LogP contribution < -0.4 is 4.72 Å². The zero-order valence-corrected chi connectivity index (χ0v) is 14.7. The summed E-state index contributed by atoms with van der Waals surface area (Å²) in [6.45, 7) is -0.258. The first-order valence-electron chi connectivity index (χ1n) is 6.97. The molecule has 2 aromatic heterocycles. The van der Waals surface area contributed by atoms with Gasteiger partial charge in [0.1, 0.15) is 5.76 Å². The first kappa shape index (κ1) is 17.2. The molecule has 1 aromatic carbocycles. The molecule has 126 valence electrons. The molecule has 0 amide bonds. The minimum absolute atomic E-state index is 0.0693. The van der Waals surface area contributed by atoms with Gasteiger partial charge in [-0.1, -0.05) is 17.7 Å². The van der Waals surface area contributed by atoms with Gasteiger partial charge in [-0.2, -0.15) is 0 Å². The average Bonchev–Trinajstić information content (AvgIpc) is 3.26. The molecular weight excluding hydrogens is 370 g/mol. The Morgan fingerprint density at radius 2 is 1.92 bits per heavy atom. The third-order valence-electron chi connectivity index (χ3n) is 3.50. The van der Waals surface area contributed by atoms with Crippen molar-refractivity contribution in [2.24, 2.45) is 0 Å². The normalized spacial score (nSPS) is 14.4. The van der Waals surface area contributed by atoms with Crippen LogP contribution in [0.2, 0.25) is 5.02 Å². The summed E-state index contributed by atoms with van der Waals surface area (Å²) in [5.41, 5.74) is -1.59. The quantitative estimate of drug-likeness (QED) is 0.685. The molecule has 0 aliphatic heterocycles. The van der Waals surface area contributed by atoms with E-state index in [0.29, 0.717) is 9.90 Å².